The van der Waals surface area contributed by atoms with Gasteiger partial charge in [-0.25, -0.2) is 0 Å². The number of carbonyl (C=O) groups is 1. The molecule has 0 atom stereocenters. The van der Waals surface area contributed by atoms with Gasteiger partial charge in [0.05, 0.1) is 6.61 Å². The van der Waals surface area contributed by atoms with E-state index in [0.717, 1.165) is 12.0 Å². The van der Waals surface area contributed by atoms with E-state index in [1.54, 1.807) is 4.90 Å². The maximum atomic E-state index is 12.6. The average Bonchev–Trinajstić information content (AvgIpc) is 2.82. The van der Waals surface area contributed by atoms with Gasteiger partial charge in [-0.15, -0.1) is 0 Å². The first kappa shape index (κ1) is 12.8. The van der Waals surface area contributed by atoms with E-state index in [-0.39, 0.29) is 5.91 Å². The van der Waals surface area contributed by atoms with E-state index >= 15 is 0 Å². The van der Waals surface area contributed by atoms with Crippen molar-refractivity contribution in [2.75, 3.05) is 26.3 Å². The first-order valence-corrected chi connectivity index (χ1v) is 6.69. The number of H-pyrrole nitrogens is 1. The van der Waals surface area contributed by atoms with Crippen LogP contribution >= 0.6 is 0 Å². The smallest absolute Gasteiger partial charge is 0.276 e. The average molecular weight is 272 g/mol. The molecule has 0 saturated carbocycles. The fourth-order valence-corrected chi connectivity index (χ4v) is 2.28. The van der Waals surface area contributed by atoms with Crippen molar-refractivity contribution in [1.82, 2.24) is 20.3 Å². The van der Waals surface area contributed by atoms with E-state index < -0.39 is 0 Å². The normalized spacial score (nSPS) is 15.9. The number of aromatic nitrogens is 3. The summed E-state index contributed by atoms with van der Waals surface area (Å²) >= 11 is 0. The van der Waals surface area contributed by atoms with Crippen molar-refractivity contribution < 1.29 is 9.53 Å². The zero-order valence-corrected chi connectivity index (χ0v) is 11.1. The fraction of sp³-hybridized carbons (Fsp3) is 0.357. The molecule has 1 aliphatic heterocycles. The van der Waals surface area contributed by atoms with E-state index in [4.69, 9.17) is 4.74 Å². The lowest BCUT2D eigenvalue weighted by Crippen LogP contribution is -2.33. The van der Waals surface area contributed by atoms with Crippen LogP contribution in [0.1, 0.15) is 16.9 Å². The summed E-state index contributed by atoms with van der Waals surface area (Å²) < 4.78 is 5.37. The molecule has 2 aromatic rings. The third-order valence-electron chi connectivity index (χ3n) is 3.31. The third kappa shape index (κ3) is 2.55. The second-order valence-corrected chi connectivity index (χ2v) is 4.64. The fourth-order valence-electron chi connectivity index (χ4n) is 2.28. The predicted octanol–water partition coefficient (Wildman–Crippen LogP) is 1.33. The van der Waals surface area contributed by atoms with Gasteiger partial charge in [-0.05, 0) is 6.42 Å². The van der Waals surface area contributed by atoms with E-state index in [9.17, 15) is 4.79 Å². The SMILES string of the molecule is O=C(c1n[nH]nc1-c1ccccc1)N1CCCOCC1. The standard InChI is InChI=1S/C14H16N4O2/c19-14(18-7-4-9-20-10-8-18)13-12(15-17-16-13)11-5-2-1-3-6-11/h1-3,5-6H,4,7-10H2,(H,15,16,17). The Kier molecular flexibility index (Phi) is 3.73. The summed E-state index contributed by atoms with van der Waals surface area (Å²) in [5, 5.41) is 10.7. The van der Waals surface area contributed by atoms with Gasteiger partial charge in [0.1, 0.15) is 5.69 Å². The quantitative estimate of drug-likeness (QED) is 0.895. The van der Waals surface area contributed by atoms with Gasteiger partial charge in [0.2, 0.25) is 0 Å². The summed E-state index contributed by atoms with van der Waals surface area (Å²) in [6, 6.07) is 9.59. The summed E-state index contributed by atoms with van der Waals surface area (Å²) in [7, 11) is 0. The molecule has 2 heterocycles. The van der Waals surface area contributed by atoms with Crippen LogP contribution in [0.3, 0.4) is 0 Å². The minimum absolute atomic E-state index is 0.0943. The Hall–Kier alpha value is -2.21. The number of aromatic amines is 1. The molecule has 1 N–H and O–H groups in total. The predicted molar refractivity (Wildman–Crippen MR) is 73.2 cm³/mol. The van der Waals surface area contributed by atoms with Crippen molar-refractivity contribution in [3.63, 3.8) is 0 Å². The number of nitrogens with zero attached hydrogens (tertiary/aromatic N) is 3. The van der Waals surface area contributed by atoms with Crippen molar-refractivity contribution in [2.24, 2.45) is 0 Å². The van der Waals surface area contributed by atoms with Crippen molar-refractivity contribution >= 4 is 5.91 Å². The Balaban J connectivity index is 1.87. The molecule has 1 aliphatic rings. The van der Waals surface area contributed by atoms with Gasteiger partial charge in [-0.2, -0.15) is 15.4 Å². The Bertz CT molecular complexity index is 574. The molecule has 0 aliphatic carbocycles. The number of rotatable bonds is 2. The molecule has 3 rings (SSSR count). The van der Waals surface area contributed by atoms with E-state index in [1.807, 2.05) is 30.3 Å². The number of amides is 1. The minimum atomic E-state index is -0.0943. The molecule has 0 bridgehead atoms. The van der Waals surface area contributed by atoms with E-state index in [1.165, 1.54) is 0 Å². The molecule has 1 fully saturated rings. The van der Waals surface area contributed by atoms with Crippen LogP contribution in [0.2, 0.25) is 0 Å². The Morgan fingerprint density at radius 1 is 1.15 bits per heavy atom. The van der Waals surface area contributed by atoms with E-state index in [0.29, 0.717) is 37.7 Å². The molecule has 104 valence electrons. The van der Waals surface area contributed by atoms with Crippen LogP contribution in [0.5, 0.6) is 0 Å². The number of benzene rings is 1. The Labute approximate surface area is 116 Å². The molecule has 6 heteroatoms. The summed E-state index contributed by atoms with van der Waals surface area (Å²) in [5.74, 6) is -0.0943. The summed E-state index contributed by atoms with van der Waals surface area (Å²) in [6.07, 6.45) is 0.851. The number of hydrogen-bond acceptors (Lipinski definition) is 4. The van der Waals surface area contributed by atoms with Gasteiger partial charge >= 0.3 is 0 Å². The van der Waals surface area contributed by atoms with Crippen LogP contribution in [0.4, 0.5) is 0 Å². The highest BCUT2D eigenvalue weighted by Gasteiger charge is 2.24. The molecule has 0 radical (unpaired) electrons. The van der Waals surface area contributed by atoms with Crippen molar-refractivity contribution in [2.45, 2.75) is 6.42 Å². The van der Waals surface area contributed by atoms with Gasteiger partial charge in [0, 0.05) is 25.3 Å². The van der Waals surface area contributed by atoms with E-state index in [2.05, 4.69) is 15.4 Å². The third-order valence-corrected chi connectivity index (χ3v) is 3.31. The highest BCUT2D eigenvalue weighted by atomic mass is 16.5. The molecule has 0 spiro atoms. The summed E-state index contributed by atoms with van der Waals surface area (Å²) in [5.41, 5.74) is 1.86. The van der Waals surface area contributed by atoms with Crippen LogP contribution in [-0.2, 0) is 4.74 Å². The lowest BCUT2D eigenvalue weighted by atomic mass is 10.1. The van der Waals surface area contributed by atoms with Crippen LogP contribution < -0.4 is 0 Å². The van der Waals surface area contributed by atoms with Crippen LogP contribution in [0, 0.1) is 0 Å². The first-order valence-electron chi connectivity index (χ1n) is 6.69. The summed E-state index contributed by atoms with van der Waals surface area (Å²) in [4.78, 5) is 14.3. The topological polar surface area (TPSA) is 71.1 Å². The molecule has 1 aromatic carbocycles. The highest BCUT2D eigenvalue weighted by molar-refractivity contribution is 5.97. The van der Waals surface area contributed by atoms with Gasteiger partial charge in [-0.3, -0.25) is 4.79 Å². The number of carbonyl (C=O) groups excluding carboxylic acids is 1. The molecule has 6 nitrogen and oxygen atoms in total. The molecule has 1 amide bonds. The molecular weight excluding hydrogens is 256 g/mol. The van der Waals surface area contributed by atoms with Gasteiger partial charge in [0.15, 0.2) is 5.69 Å². The Morgan fingerprint density at radius 3 is 2.85 bits per heavy atom. The zero-order chi connectivity index (χ0) is 13.8. The molecule has 1 aromatic heterocycles. The zero-order valence-electron chi connectivity index (χ0n) is 11.1. The largest absolute Gasteiger partial charge is 0.380 e. The first-order chi connectivity index (χ1) is 9.86. The van der Waals surface area contributed by atoms with Crippen LogP contribution in [0.15, 0.2) is 30.3 Å². The summed E-state index contributed by atoms with van der Waals surface area (Å²) in [6.45, 7) is 2.57. The van der Waals surface area contributed by atoms with Crippen molar-refractivity contribution in [3.8, 4) is 11.3 Å². The van der Waals surface area contributed by atoms with Gasteiger partial charge < -0.3 is 9.64 Å². The molecule has 0 unspecified atom stereocenters. The lowest BCUT2D eigenvalue weighted by Gasteiger charge is -2.18. The maximum absolute atomic E-state index is 12.6. The minimum Gasteiger partial charge on any atom is -0.380 e. The van der Waals surface area contributed by atoms with Crippen LogP contribution in [-0.4, -0.2) is 52.5 Å². The van der Waals surface area contributed by atoms with Crippen LogP contribution in [0.25, 0.3) is 11.3 Å². The number of ether oxygens (including phenoxy) is 1. The molecule has 1 saturated heterocycles. The Morgan fingerprint density at radius 2 is 2.00 bits per heavy atom. The lowest BCUT2D eigenvalue weighted by molar-refractivity contribution is 0.0736. The number of nitrogens with one attached hydrogen (secondary N) is 1. The van der Waals surface area contributed by atoms with Gasteiger partial charge in [-0.1, -0.05) is 30.3 Å². The highest BCUT2D eigenvalue weighted by Crippen LogP contribution is 2.20. The second-order valence-electron chi connectivity index (χ2n) is 4.64. The molecule has 20 heavy (non-hydrogen) atoms. The second kappa shape index (κ2) is 5.83. The maximum Gasteiger partial charge on any atom is 0.276 e. The molecular formula is C14H16N4O2. The monoisotopic (exact) mass is 272 g/mol. The van der Waals surface area contributed by atoms with Crippen molar-refractivity contribution in [1.29, 1.82) is 0 Å². The van der Waals surface area contributed by atoms with Crippen molar-refractivity contribution in [3.05, 3.63) is 36.0 Å². The van der Waals surface area contributed by atoms with Gasteiger partial charge in [0.25, 0.3) is 5.91 Å². The number of hydrogen-bond donors (Lipinski definition) is 1.